The Morgan fingerprint density at radius 3 is 2.52 bits per heavy atom. The van der Waals surface area contributed by atoms with Gasteiger partial charge in [-0.1, -0.05) is 6.92 Å². The highest BCUT2D eigenvalue weighted by Crippen LogP contribution is 2.27. The Bertz CT molecular complexity index is 996. The molecule has 0 radical (unpaired) electrons. The minimum Gasteiger partial charge on any atom is -0.342 e. The number of carbonyl (C=O) groups is 1. The van der Waals surface area contributed by atoms with E-state index in [2.05, 4.69) is 26.9 Å². The Kier molecular flexibility index (Phi) is 6.93. The minimum atomic E-state index is -4.62. The molecule has 2 aliphatic rings. The number of amides is 1. The van der Waals surface area contributed by atoms with Gasteiger partial charge in [0, 0.05) is 37.4 Å². The van der Waals surface area contributed by atoms with E-state index >= 15 is 0 Å². The van der Waals surface area contributed by atoms with Gasteiger partial charge in [-0.25, -0.2) is 9.50 Å². The van der Waals surface area contributed by atoms with Crippen LogP contribution in [0.1, 0.15) is 61.8 Å². The lowest BCUT2D eigenvalue weighted by atomic mass is 9.94. The van der Waals surface area contributed by atoms with Crippen molar-refractivity contribution in [1.29, 1.82) is 0 Å². The summed E-state index contributed by atoms with van der Waals surface area (Å²) < 4.78 is 40.1. The molecule has 182 valence electrons. The first-order chi connectivity index (χ1) is 15.6. The highest BCUT2D eigenvalue weighted by atomic mass is 19.4. The van der Waals surface area contributed by atoms with Crippen LogP contribution in [0, 0.1) is 25.7 Å². The quantitative estimate of drug-likeness (QED) is 0.673. The van der Waals surface area contributed by atoms with Crippen LogP contribution in [0.25, 0.3) is 5.78 Å². The molecule has 2 aromatic heterocycles. The second kappa shape index (κ2) is 9.56. The van der Waals surface area contributed by atoms with E-state index in [0.717, 1.165) is 61.6 Å². The van der Waals surface area contributed by atoms with Crippen LogP contribution in [0.3, 0.4) is 0 Å². The third kappa shape index (κ3) is 5.47. The van der Waals surface area contributed by atoms with Crippen molar-refractivity contribution >= 4 is 11.7 Å². The van der Waals surface area contributed by atoms with Crippen LogP contribution in [0.5, 0.6) is 0 Å². The van der Waals surface area contributed by atoms with Gasteiger partial charge >= 0.3 is 6.18 Å². The summed E-state index contributed by atoms with van der Waals surface area (Å²) in [6.07, 6.45) is 0.788. The Labute approximate surface area is 192 Å². The first-order valence-corrected chi connectivity index (χ1v) is 11.9. The number of hydrogen-bond donors (Lipinski definition) is 0. The number of aromatic nitrogens is 4. The predicted octanol–water partition coefficient (Wildman–Crippen LogP) is 3.66. The van der Waals surface area contributed by atoms with Crippen molar-refractivity contribution in [3.05, 3.63) is 22.8 Å². The average molecular weight is 467 g/mol. The van der Waals surface area contributed by atoms with Gasteiger partial charge in [0.2, 0.25) is 5.91 Å². The molecular weight excluding hydrogens is 433 g/mol. The summed E-state index contributed by atoms with van der Waals surface area (Å²) in [4.78, 5) is 25.2. The van der Waals surface area contributed by atoms with Crippen LogP contribution < -0.4 is 0 Å². The molecule has 0 aromatic carbocycles. The maximum Gasteiger partial charge on any atom is 0.453 e. The molecule has 1 atom stereocenters. The largest absolute Gasteiger partial charge is 0.453 e. The first kappa shape index (κ1) is 23.9. The molecule has 4 heterocycles. The van der Waals surface area contributed by atoms with Gasteiger partial charge in [0.25, 0.3) is 11.6 Å². The van der Waals surface area contributed by atoms with Gasteiger partial charge in [0.05, 0.1) is 0 Å². The van der Waals surface area contributed by atoms with Crippen LogP contribution in [0.15, 0.2) is 0 Å². The fourth-order valence-electron chi connectivity index (χ4n) is 5.13. The van der Waals surface area contributed by atoms with E-state index in [4.69, 9.17) is 0 Å². The lowest BCUT2D eigenvalue weighted by Crippen LogP contribution is -2.45. The highest BCUT2D eigenvalue weighted by Gasteiger charge is 2.37. The number of halogens is 3. The number of alkyl halides is 3. The van der Waals surface area contributed by atoms with Crippen molar-refractivity contribution in [2.75, 3.05) is 32.7 Å². The summed E-state index contributed by atoms with van der Waals surface area (Å²) in [5.74, 6) is 0.143. The van der Waals surface area contributed by atoms with Crippen LogP contribution in [-0.4, -0.2) is 68.0 Å². The standard InChI is InChI=1S/C23H33F3N6O/c1-15-8-11-30(12-9-15)13-18-5-4-10-31(14-18)20(33)7-6-19-16(2)27-22-28-21(23(24,25)26)29-32(22)17(19)3/h15,18H,4-14H2,1-3H3. The van der Waals surface area contributed by atoms with Gasteiger partial charge in [-0.15, -0.1) is 5.10 Å². The Balaban J connectivity index is 1.37. The molecule has 0 N–H and O–H groups in total. The average Bonchev–Trinajstić information content (AvgIpc) is 3.20. The SMILES string of the molecule is Cc1nc2nc(C(F)(F)F)nn2c(C)c1CCC(=O)N1CCCC(CN2CCC(C)CC2)C1. The maximum absolute atomic E-state index is 13.0. The molecule has 2 aliphatic heterocycles. The molecular formula is C23H33F3N6O. The summed E-state index contributed by atoms with van der Waals surface area (Å²) in [5, 5.41) is 3.59. The Morgan fingerprint density at radius 2 is 1.82 bits per heavy atom. The van der Waals surface area contributed by atoms with Gasteiger partial charge in [0.15, 0.2) is 0 Å². The van der Waals surface area contributed by atoms with Crippen molar-refractivity contribution in [2.45, 2.75) is 65.5 Å². The summed E-state index contributed by atoms with van der Waals surface area (Å²) in [6.45, 7) is 10.7. The van der Waals surface area contributed by atoms with Crippen molar-refractivity contribution in [3.63, 3.8) is 0 Å². The van der Waals surface area contributed by atoms with Crippen molar-refractivity contribution in [2.24, 2.45) is 11.8 Å². The number of fused-ring (bicyclic) bond motifs is 1. The summed E-state index contributed by atoms with van der Waals surface area (Å²) in [5.41, 5.74) is 1.89. The second-order valence-corrected chi connectivity index (χ2v) is 9.74. The van der Waals surface area contributed by atoms with E-state index in [0.29, 0.717) is 30.1 Å². The van der Waals surface area contributed by atoms with E-state index in [1.165, 1.54) is 12.8 Å². The van der Waals surface area contributed by atoms with Gasteiger partial charge in [-0.05, 0) is 76.4 Å². The normalized spacial score (nSPS) is 21.2. The number of carbonyl (C=O) groups excluding carboxylic acids is 1. The predicted molar refractivity (Wildman–Crippen MR) is 118 cm³/mol. The Morgan fingerprint density at radius 1 is 1.09 bits per heavy atom. The molecule has 10 heteroatoms. The molecule has 0 spiro atoms. The number of piperidine rings is 2. The van der Waals surface area contributed by atoms with Crippen molar-refractivity contribution in [1.82, 2.24) is 29.4 Å². The van der Waals surface area contributed by atoms with E-state index in [1.54, 1.807) is 13.8 Å². The molecule has 33 heavy (non-hydrogen) atoms. The summed E-state index contributed by atoms with van der Waals surface area (Å²) in [7, 11) is 0. The van der Waals surface area contributed by atoms with Crippen LogP contribution in [0.4, 0.5) is 13.2 Å². The molecule has 0 bridgehead atoms. The van der Waals surface area contributed by atoms with Gasteiger partial charge < -0.3 is 9.80 Å². The zero-order valence-corrected chi connectivity index (χ0v) is 19.7. The number of rotatable bonds is 5. The fourth-order valence-corrected chi connectivity index (χ4v) is 5.13. The third-order valence-corrected chi connectivity index (χ3v) is 7.16. The van der Waals surface area contributed by atoms with E-state index in [-0.39, 0.29) is 11.7 Å². The van der Waals surface area contributed by atoms with Crippen molar-refractivity contribution < 1.29 is 18.0 Å². The Hall–Kier alpha value is -2.23. The van der Waals surface area contributed by atoms with Crippen LogP contribution in [0.2, 0.25) is 0 Å². The molecule has 2 aromatic rings. The fraction of sp³-hybridized carbons (Fsp3) is 0.739. The molecule has 0 aliphatic carbocycles. The monoisotopic (exact) mass is 466 g/mol. The molecule has 7 nitrogen and oxygen atoms in total. The van der Waals surface area contributed by atoms with E-state index in [1.807, 2.05) is 4.90 Å². The summed E-state index contributed by atoms with van der Waals surface area (Å²) >= 11 is 0. The topological polar surface area (TPSA) is 66.6 Å². The molecule has 2 fully saturated rings. The second-order valence-electron chi connectivity index (χ2n) is 9.74. The zero-order chi connectivity index (χ0) is 23.8. The maximum atomic E-state index is 13.0. The highest BCUT2D eigenvalue weighted by molar-refractivity contribution is 5.76. The van der Waals surface area contributed by atoms with Gasteiger partial charge in [0.1, 0.15) is 0 Å². The third-order valence-electron chi connectivity index (χ3n) is 7.16. The zero-order valence-electron chi connectivity index (χ0n) is 19.7. The molecule has 4 rings (SSSR count). The molecule has 1 amide bonds. The van der Waals surface area contributed by atoms with Gasteiger partial charge in [-0.3, -0.25) is 4.79 Å². The number of likely N-dealkylation sites (tertiary alicyclic amines) is 2. The minimum absolute atomic E-state index is 0.0709. The van der Waals surface area contributed by atoms with Crippen molar-refractivity contribution in [3.8, 4) is 0 Å². The van der Waals surface area contributed by atoms with E-state index < -0.39 is 12.0 Å². The van der Waals surface area contributed by atoms with Gasteiger partial charge in [-0.2, -0.15) is 18.2 Å². The number of aryl methyl sites for hydroxylation is 2. The van der Waals surface area contributed by atoms with E-state index in [9.17, 15) is 18.0 Å². The number of nitrogens with zero attached hydrogens (tertiary/aromatic N) is 6. The smallest absolute Gasteiger partial charge is 0.342 e. The van der Waals surface area contributed by atoms with Crippen LogP contribution in [-0.2, 0) is 17.4 Å². The molecule has 2 saturated heterocycles. The lowest BCUT2D eigenvalue weighted by Gasteiger charge is -2.38. The first-order valence-electron chi connectivity index (χ1n) is 11.9. The van der Waals surface area contributed by atoms with Crippen LogP contribution >= 0.6 is 0 Å². The molecule has 0 saturated carbocycles. The summed E-state index contributed by atoms with van der Waals surface area (Å²) in [6, 6.07) is 0. The molecule has 1 unspecified atom stereocenters. The number of hydrogen-bond acceptors (Lipinski definition) is 5. The lowest BCUT2D eigenvalue weighted by molar-refractivity contribution is -0.144.